The maximum atomic E-state index is 2.53. The summed E-state index contributed by atoms with van der Waals surface area (Å²) < 4.78 is 0. The van der Waals surface area contributed by atoms with E-state index in [2.05, 4.69) is 19.6 Å². The van der Waals surface area contributed by atoms with Gasteiger partial charge >= 0.3 is 0 Å². The maximum Gasteiger partial charge on any atom is 0.0473 e. The van der Waals surface area contributed by atoms with E-state index < -0.39 is 8.07 Å². The monoisotopic (exact) mass is 170 g/mol. The summed E-state index contributed by atoms with van der Waals surface area (Å²) in [7, 11) is -0.789. The Hall–Kier alpha value is 0.217. The molecule has 11 heavy (non-hydrogen) atoms. The summed E-state index contributed by atoms with van der Waals surface area (Å²) in [4.78, 5) is 0. The van der Waals surface area contributed by atoms with Gasteiger partial charge in [-0.15, -0.1) is 0 Å². The highest BCUT2D eigenvalue weighted by molar-refractivity contribution is 6.77. The summed E-state index contributed by atoms with van der Waals surface area (Å²) in [6.45, 7) is 7.59. The molecule has 1 heteroatoms. The molecule has 0 saturated heterocycles. The fourth-order valence-electron chi connectivity index (χ4n) is 2.15. The lowest BCUT2D eigenvalue weighted by atomic mass is 10.2. The maximum absolute atomic E-state index is 2.53. The molecule has 0 aromatic carbocycles. The van der Waals surface area contributed by atoms with Crippen molar-refractivity contribution >= 4 is 8.07 Å². The van der Waals surface area contributed by atoms with Crippen LogP contribution in [0.3, 0.4) is 0 Å². The highest BCUT2D eigenvalue weighted by atomic mass is 28.3. The first kappa shape index (κ1) is 9.31. The van der Waals surface area contributed by atoms with Crippen LogP contribution in [-0.2, 0) is 0 Å². The molecule has 0 radical (unpaired) electrons. The van der Waals surface area contributed by atoms with Gasteiger partial charge in [0, 0.05) is 8.07 Å². The fraction of sp³-hybridized carbons (Fsp3) is 1.00. The zero-order valence-electron chi connectivity index (χ0n) is 8.32. The topological polar surface area (TPSA) is 0 Å². The average Bonchev–Trinajstić information content (AvgIpc) is 2.10. The van der Waals surface area contributed by atoms with Gasteiger partial charge in [0.25, 0.3) is 0 Å². The minimum Gasteiger partial charge on any atom is -0.0693 e. The third-order valence-electron chi connectivity index (χ3n) is 3.08. The van der Waals surface area contributed by atoms with Crippen molar-refractivity contribution in [3.8, 4) is 0 Å². The molecule has 0 aliphatic heterocycles. The Balaban J connectivity index is 2.43. The Morgan fingerprint density at radius 1 is 0.818 bits per heavy atom. The molecule has 0 bridgehead atoms. The molecule has 0 nitrogen and oxygen atoms in total. The zero-order valence-corrected chi connectivity index (χ0v) is 9.32. The lowest BCUT2D eigenvalue weighted by Crippen LogP contribution is -2.27. The second-order valence-corrected chi connectivity index (χ2v) is 10.6. The molecule has 0 aromatic rings. The Morgan fingerprint density at radius 2 is 1.27 bits per heavy atom. The van der Waals surface area contributed by atoms with Crippen molar-refractivity contribution < 1.29 is 0 Å². The quantitative estimate of drug-likeness (QED) is 0.411. The Morgan fingerprint density at radius 3 is 1.64 bits per heavy atom. The van der Waals surface area contributed by atoms with Crippen molar-refractivity contribution in [2.45, 2.75) is 63.7 Å². The molecule has 0 aromatic heterocycles. The van der Waals surface area contributed by atoms with E-state index in [0.29, 0.717) is 0 Å². The van der Waals surface area contributed by atoms with E-state index in [-0.39, 0.29) is 0 Å². The molecule has 1 saturated carbocycles. The van der Waals surface area contributed by atoms with Gasteiger partial charge in [-0.3, -0.25) is 0 Å². The Labute approximate surface area is 72.4 Å². The van der Waals surface area contributed by atoms with E-state index in [9.17, 15) is 0 Å². The summed E-state index contributed by atoms with van der Waals surface area (Å²) in [6, 6.07) is 0. The van der Waals surface area contributed by atoms with Crippen LogP contribution < -0.4 is 0 Å². The van der Waals surface area contributed by atoms with Crippen LogP contribution >= 0.6 is 0 Å². The van der Waals surface area contributed by atoms with Crippen LogP contribution in [0.1, 0.15) is 38.5 Å². The molecule has 0 atom stereocenters. The van der Waals surface area contributed by atoms with Crippen molar-refractivity contribution in [3.63, 3.8) is 0 Å². The van der Waals surface area contributed by atoms with Crippen LogP contribution in [0.4, 0.5) is 0 Å². The normalized spacial score (nSPS) is 23.2. The van der Waals surface area contributed by atoms with Crippen LogP contribution in [0, 0.1) is 0 Å². The third kappa shape index (κ3) is 2.98. The first-order valence-corrected chi connectivity index (χ1v) is 8.68. The van der Waals surface area contributed by atoms with Crippen molar-refractivity contribution in [1.29, 1.82) is 0 Å². The molecule has 0 unspecified atom stereocenters. The predicted molar refractivity (Wildman–Crippen MR) is 54.8 cm³/mol. The van der Waals surface area contributed by atoms with Gasteiger partial charge in [0.15, 0.2) is 0 Å². The molecule has 1 aliphatic rings. The molecule has 1 rings (SSSR count). The van der Waals surface area contributed by atoms with Crippen LogP contribution in [0.2, 0.25) is 25.2 Å². The zero-order chi connectivity index (χ0) is 8.32. The number of hydrogen-bond acceptors (Lipinski definition) is 0. The molecule has 66 valence electrons. The largest absolute Gasteiger partial charge is 0.0693 e. The minimum absolute atomic E-state index is 0.789. The standard InChI is InChI=1S/C10H22Si/c1-11(2,3)10-8-6-4-5-7-9-10/h10H,4-9H2,1-3H3. The summed E-state index contributed by atoms with van der Waals surface area (Å²) >= 11 is 0. The Bertz CT molecular complexity index is 105. The third-order valence-corrected chi connectivity index (χ3v) is 6.11. The minimum atomic E-state index is -0.789. The average molecular weight is 170 g/mol. The van der Waals surface area contributed by atoms with Gasteiger partial charge in [0.2, 0.25) is 0 Å². The predicted octanol–water partition coefficient (Wildman–Crippen LogP) is 4.05. The van der Waals surface area contributed by atoms with Crippen LogP contribution in [-0.4, -0.2) is 8.07 Å². The summed E-state index contributed by atoms with van der Waals surface area (Å²) in [5.41, 5.74) is 1.13. The molecule has 0 N–H and O–H groups in total. The molecule has 0 spiro atoms. The first-order valence-electron chi connectivity index (χ1n) is 5.11. The highest BCUT2D eigenvalue weighted by Crippen LogP contribution is 2.35. The van der Waals surface area contributed by atoms with Crippen molar-refractivity contribution in [3.05, 3.63) is 0 Å². The molecule has 1 aliphatic carbocycles. The molecule has 0 heterocycles. The van der Waals surface area contributed by atoms with Gasteiger partial charge in [-0.1, -0.05) is 58.2 Å². The fourth-order valence-corrected chi connectivity index (χ4v) is 4.29. The van der Waals surface area contributed by atoms with Crippen molar-refractivity contribution in [2.75, 3.05) is 0 Å². The van der Waals surface area contributed by atoms with E-state index in [1.54, 1.807) is 0 Å². The summed E-state index contributed by atoms with van der Waals surface area (Å²) in [6.07, 6.45) is 9.09. The summed E-state index contributed by atoms with van der Waals surface area (Å²) in [5.74, 6) is 0. The van der Waals surface area contributed by atoms with E-state index in [4.69, 9.17) is 0 Å². The van der Waals surface area contributed by atoms with Gasteiger partial charge in [0.1, 0.15) is 0 Å². The smallest absolute Gasteiger partial charge is 0.0473 e. The first-order chi connectivity index (χ1) is 5.11. The lowest BCUT2D eigenvalue weighted by Gasteiger charge is -2.27. The second-order valence-electron chi connectivity index (χ2n) is 5.05. The van der Waals surface area contributed by atoms with Gasteiger partial charge in [-0.05, 0) is 5.54 Å². The molecular weight excluding hydrogens is 148 g/mol. The van der Waals surface area contributed by atoms with E-state index in [0.717, 1.165) is 5.54 Å². The van der Waals surface area contributed by atoms with Crippen molar-refractivity contribution in [1.82, 2.24) is 0 Å². The van der Waals surface area contributed by atoms with E-state index in [1.165, 1.54) is 38.5 Å². The lowest BCUT2D eigenvalue weighted by molar-refractivity contribution is 0.676. The number of rotatable bonds is 1. The van der Waals surface area contributed by atoms with Crippen molar-refractivity contribution in [2.24, 2.45) is 0 Å². The van der Waals surface area contributed by atoms with Crippen LogP contribution in [0.5, 0.6) is 0 Å². The molecule has 0 amide bonds. The summed E-state index contributed by atoms with van der Waals surface area (Å²) in [5, 5.41) is 0. The van der Waals surface area contributed by atoms with E-state index in [1.807, 2.05) is 0 Å². The SMILES string of the molecule is C[Si](C)(C)C1CCCCCC1. The Kier molecular flexibility index (Phi) is 3.17. The molecular formula is C10H22Si. The number of hydrogen-bond donors (Lipinski definition) is 0. The second kappa shape index (κ2) is 3.75. The van der Waals surface area contributed by atoms with E-state index >= 15 is 0 Å². The highest BCUT2D eigenvalue weighted by Gasteiger charge is 2.26. The van der Waals surface area contributed by atoms with Gasteiger partial charge in [0.05, 0.1) is 0 Å². The van der Waals surface area contributed by atoms with Crippen LogP contribution in [0.25, 0.3) is 0 Å². The molecule has 1 fully saturated rings. The van der Waals surface area contributed by atoms with Gasteiger partial charge in [-0.25, -0.2) is 0 Å². The van der Waals surface area contributed by atoms with Gasteiger partial charge in [-0.2, -0.15) is 0 Å². The van der Waals surface area contributed by atoms with Crippen LogP contribution in [0.15, 0.2) is 0 Å². The van der Waals surface area contributed by atoms with Gasteiger partial charge < -0.3 is 0 Å².